The van der Waals surface area contributed by atoms with Gasteiger partial charge < -0.3 is 5.11 Å². The molecule has 5 heteroatoms. The first kappa shape index (κ1) is 12.9. The number of hydrogen-bond donors (Lipinski definition) is 1. The van der Waals surface area contributed by atoms with E-state index in [4.69, 9.17) is 5.11 Å². The third kappa shape index (κ3) is 3.16. The monoisotopic (exact) mass is 235 g/mol. The number of aliphatic hydroxyl groups excluding tert-OH is 1. The molecule has 1 fully saturated rings. The van der Waals surface area contributed by atoms with Crippen molar-refractivity contribution in [3.05, 3.63) is 0 Å². The van der Waals surface area contributed by atoms with Gasteiger partial charge in [0.25, 0.3) is 0 Å². The van der Waals surface area contributed by atoms with Crippen molar-refractivity contribution in [2.45, 2.75) is 38.6 Å². The molecule has 15 heavy (non-hydrogen) atoms. The molecule has 90 valence electrons. The predicted molar refractivity (Wildman–Crippen MR) is 60.1 cm³/mol. The van der Waals surface area contributed by atoms with Gasteiger partial charge in [0.1, 0.15) is 0 Å². The fourth-order valence-electron chi connectivity index (χ4n) is 2.30. The zero-order chi connectivity index (χ0) is 11.5. The van der Waals surface area contributed by atoms with Crippen LogP contribution in [0, 0.1) is 5.92 Å². The van der Waals surface area contributed by atoms with E-state index >= 15 is 0 Å². The second-order valence-corrected chi connectivity index (χ2v) is 6.53. The molecular weight excluding hydrogens is 214 g/mol. The van der Waals surface area contributed by atoms with Gasteiger partial charge in [0.05, 0.1) is 12.4 Å². The summed E-state index contributed by atoms with van der Waals surface area (Å²) >= 11 is 0. The molecule has 0 radical (unpaired) electrons. The molecule has 1 rings (SSSR count). The van der Waals surface area contributed by atoms with Crippen LogP contribution in [0.3, 0.4) is 0 Å². The van der Waals surface area contributed by atoms with Crippen LogP contribution in [0.5, 0.6) is 0 Å². The number of rotatable bonds is 4. The standard InChI is InChI=1S/C10H21NO3S/c1-9-5-3-4-6-10(9)11(2)15(13,14)8-7-12/h9-10,12H,3-8H2,1-2H3. The van der Waals surface area contributed by atoms with Crippen molar-refractivity contribution in [2.75, 3.05) is 19.4 Å². The highest BCUT2D eigenvalue weighted by Crippen LogP contribution is 2.28. The molecule has 1 N–H and O–H groups in total. The average molecular weight is 235 g/mol. The maximum Gasteiger partial charge on any atom is 0.216 e. The van der Waals surface area contributed by atoms with E-state index in [-0.39, 0.29) is 18.4 Å². The topological polar surface area (TPSA) is 57.6 Å². The van der Waals surface area contributed by atoms with E-state index in [9.17, 15) is 8.42 Å². The molecular formula is C10H21NO3S. The Bertz CT molecular complexity index is 289. The molecule has 2 atom stereocenters. The molecule has 0 heterocycles. The van der Waals surface area contributed by atoms with Gasteiger partial charge >= 0.3 is 0 Å². The Hall–Kier alpha value is -0.130. The number of sulfonamides is 1. The molecule has 0 aliphatic heterocycles. The normalized spacial score (nSPS) is 28.3. The Labute approximate surface area is 92.3 Å². The number of nitrogens with zero attached hydrogens (tertiary/aromatic N) is 1. The smallest absolute Gasteiger partial charge is 0.216 e. The third-order valence-electron chi connectivity index (χ3n) is 3.32. The van der Waals surface area contributed by atoms with Crippen molar-refractivity contribution in [3.8, 4) is 0 Å². The van der Waals surface area contributed by atoms with Crippen LogP contribution in [0.1, 0.15) is 32.6 Å². The van der Waals surface area contributed by atoms with Crippen molar-refractivity contribution < 1.29 is 13.5 Å². The largest absolute Gasteiger partial charge is 0.395 e. The van der Waals surface area contributed by atoms with Crippen molar-refractivity contribution in [1.82, 2.24) is 4.31 Å². The average Bonchev–Trinajstić information content (AvgIpc) is 2.17. The molecule has 0 spiro atoms. The summed E-state index contributed by atoms with van der Waals surface area (Å²) < 4.78 is 24.9. The van der Waals surface area contributed by atoms with Crippen LogP contribution in [0.25, 0.3) is 0 Å². The molecule has 0 aromatic heterocycles. The molecule has 2 unspecified atom stereocenters. The van der Waals surface area contributed by atoms with E-state index in [0.717, 1.165) is 19.3 Å². The minimum Gasteiger partial charge on any atom is -0.395 e. The van der Waals surface area contributed by atoms with Crippen LogP contribution in [0.2, 0.25) is 0 Å². The number of hydrogen-bond acceptors (Lipinski definition) is 3. The summed E-state index contributed by atoms with van der Waals surface area (Å²) in [6, 6.07) is 0.121. The van der Waals surface area contributed by atoms with E-state index in [1.165, 1.54) is 10.7 Å². The first-order chi connectivity index (χ1) is 6.99. The highest BCUT2D eigenvalue weighted by atomic mass is 32.2. The Balaban J connectivity index is 2.69. The summed E-state index contributed by atoms with van der Waals surface area (Å²) in [5.41, 5.74) is 0. The molecule has 0 saturated heterocycles. The van der Waals surface area contributed by atoms with Crippen molar-refractivity contribution in [1.29, 1.82) is 0 Å². The van der Waals surface area contributed by atoms with Crippen molar-refractivity contribution in [2.24, 2.45) is 5.92 Å². The van der Waals surface area contributed by atoms with Gasteiger partial charge in [0.2, 0.25) is 10.0 Å². The number of aliphatic hydroxyl groups is 1. The van der Waals surface area contributed by atoms with E-state index in [1.54, 1.807) is 7.05 Å². The fourth-order valence-corrected chi connectivity index (χ4v) is 3.55. The summed E-state index contributed by atoms with van der Waals surface area (Å²) in [5, 5.41) is 8.71. The molecule has 0 amide bonds. The zero-order valence-corrected chi connectivity index (χ0v) is 10.3. The molecule has 0 aromatic carbocycles. The van der Waals surface area contributed by atoms with Crippen LogP contribution in [-0.4, -0.2) is 43.3 Å². The second-order valence-electron chi connectivity index (χ2n) is 4.38. The summed E-state index contributed by atoms with van der Waals surface area (Å²) in [6.45, 7) is 1.81. The van der Waals surface area contributed by atoms with Crippen LogP contribution >= 0.6 is 0 Å². The van der Waals surface area contributed by atoms with Crippen molar-refractivity contribution in [3.63, 3.8) is 0 Å². The highest BCUT2D eigenvalue weighted by molar-refractivity contribution is 7.89. The molecule has 4 nitrogen and oxygen atoms in total. The van der Waals surface area contributed by atoms with Gasteiger partial charge in [-0.1, -0.05) is 19.8 Å². The van der Waals surface area contributed by atoms with Gasteiger partial charge in [0, 0.05) is 13.1 Å². The van der Waals surface area contributed by atoms with E-state index in [1.807, 2.05) is 0 Å². The lowest BCUT2D eigenvalue weighted by atomic mass is 9.86. The minimum atomic E-state index is -3.26. The minimum absolute atomic E-state index is 0.121. The maximum atomic E-state index is 11.7. The SMILES string of the molecule is CC1CCCCC1N(C)S(=O)(=O)CCO. The maximum absolute atomic E-state index is 11.7. The van der Waals surface area contributed by atoms with Crippen LogP contribution in [-0.2, 0) is 10.0 Å². The van der Waals surface area contributed by atoms with Crippen molar-refractivity contribution >= 4 is 10.0 Å². The third-order valence-corrected chi connectivity index (χ3v) is 5.17. The Morgan fingerprint density at radius 3 is 2.47 bits per heavy atom. The zero-order valence-electron chi connectivity index (χ0n) is 9.52. The predicted octanol–water partition coefficient (Wildman–Crippen LogP) is 0.819. The fraction of sp³-hybridized carbons (Fsp3) is 1.00. The Morgan fingerprint density at radius 2 is 1.93 bits per heavy atom. The van der Waals surface area contributed by atoms with Gasteiger partial charge in [-0.15, -0.1) is 0 Å². The molecule has 1 aliphatic carbocycles. The lowest BCUT2D eigenvalue weighted by Crippen LogP contribution is -2.43. The molecule has 1 saturated carbocycles. The summed E-state index contributed by atoms with van der Waals surface area (Å²) in [7, 11) is -1.62. The molecule has 0 aromatic rings. The van der Waals surface area contributed by atoms with E-state index in [0.29, 0.717) is 5.92 Å². The van der Waals surface area contributed by atoms with E-state index < -0.39 is 10.0 Å². The van der Waals surface area contributed by atoms with Crippen LogP contribution in [0.4, 0.5) is 0 Å². The molecule has 1 aliphatic rings. The highest BCUT2D eigenvalue weighted by Gasteiger charge is 2.31. The van der Waals surface area contributed by atoms with Gasteiger partial charge in [-0.2, -0.15) is 0 Å². The summed E-state index contributed by atoms with van der Waals surface area (Å²) in [5.74, 6) is 0.268. The second kappa shape index (κ2) is 5.27. The van der Waals surface area contributed by atoms with Gasteiger partial charge in [0.15, 0.2) is 0 Å². The summed E-state index contributed by atoms with van der Waals surface area (Å²) in [6.07, 6.45) is 4.35. The lowest BCUT2D eigenvalue weighted by Gasteiger charge is -2.35. The van der Waals surface area contributed by atoms with Gasteiger partial charge in [-0.25, -0.2) is 12.7 Å². The Morgan fingerprint density at radius 1 is 1.33 bits per heavy atom. The molecule has 0 bridgehead atoms. The Kier molecular flexibility index (Phi) is 4.55. The van der Waals surface area contributed by atoms with Gasteiger partial charge in [-0.3, -0.25) is 0 Å². The van der Waals surface area contributed by atoms with Crippen LogP contribution < -0.4 is 0 Å². The van der Waals surface area contributed by atoms with E-state index in [2.05, 4.69) is 6.92 Å². The van der Waals surface area contributed by atoms with Crippen LogP contribution in [0.15, 0.2) is 0 Å². The lowest BCUT2D eigenvalue weighted by molar-refractivity contribution is 0.211. The van der Waals surface area contributed by atoms with Gasteiger partial charge in [-0.05, 0) is 18.8 Å². The first-order valence-corrected chi connectivity index (χ1v) is 7.16. The first-order valence-electron chi connectivity index (χ1n) is 5.55. The summed E-state index contributed by atoms with van der Waals surface area (Å²) in [4.78, 5) is 0. The quantitative estimate of drug-likeness (QED) is 0.785.